The summed E-state index contributed by atoms with van der Waals surface area (Å²) in [5, 5.41) is 20.4. The number of amides is 1. The molecule has 0 aliphatic carbocycles. The maximum atomic E-state index is 12.5. The highest BCUT2D eigenvalue weighted by molar-refractivity contribution is 6.17. The molecule has 0 aromatic heterocycles. The van der Waals surface area contributed by atoms with Crippen LogP contribution in [0.25, 0.3) is 0 Å². The van der Waals surface area contributed by atoms with Crippen molar-refractivity contribution in [3.8, 4) is 0 Å². The van der Waals surface area contributed by atoms with Gasteiger partial charge in [0.05, 0.1) is 12.5 Å². The van der Waals surface area contributed by atoms with Crippen LogP contribution in [0, 0.1) is 0 Å². The fraction of sp³-hybridized carbons (Fsp3) is 0.286. The lowest BCUT2D eigenvalue weighted by Gasteiger charge is -2.31. The number of hydrogen-bond acceptors (Lipinski definition) is 5. The minimum absolute atomic E-state index is 0.00754. The summed E-state index contributed by atoms with van der Waals surface area (Å²) in [6.45, 7) is 1.07. The molecule has 0 saturated carbocycles. The molecule has 5 N–H and O–H groups in total. The highest BCUT2D eigenvalue weighted by atomic mass is 16.4. The molecule has 0 radical (unpaired) electrons. The van der Waals surface area contributed by atoms with Crippen LogP contribution in [0.2, 0.25) is 0 Å². The molecule has 118 valence electrons. The van der Waals surface area contributed by atoms with Crippen molar-refractivity contribution >= 4 is 23.6 Å². The second kappa shape index (κ2) is 6.81. The highest BCUT2D eigenvalue weighted by Crippen LogP contribution is 2.19. The second-order valence-corrected chi connectivity index (χ2v) is 4.72. The van der Waals surface area contributed by atoms with E-state index in [1.54, 1.807) is 6.07 Å². The van der Waals surface area contributed by atoms with Gasteiger partial charge in [0, 0.05) is 12.5 Å². The smallest absolute Gasteiger partial charge is 0.334 e. The number of Topliss-reactive ketones (excluding diaryl/α,β-unsaturated/α-hetero) is 1. The van der Waals surface area contributed by atoms with Crippen LogP contribution >= 0.6 is 0 Å². The summed E-state index contributed by atoms with van der Waals surface area (Å²) in [6, 6.07) is 5.78. The van der Waals surface area contributed by atoms with Crippen LogP contribution in [0.1, 0.15) is 23.7 Å². The number of hydrogen-bond donors (Lipinski definition) is 4. The third-order valence-corrected chi connectivity index (χ3v) is 3.07. The third-order valence-electron chi connectivity index (χ3n) is 3.07. The predicted molar refractivity (Wildman–Crippen MR) is 75.2 cm³/mol. The summed E-state index contributed by atoms with van der Waals surface area (Å²) in [4.78, 5) is 46.1. The summed E-state index contributed by atoms with van der Waals surface area (Å²) in [5.41, 5.74) is 3.15. The molecule has 1 rings (SSSR count). The summed E-state index contributed by atoms with van der Waals surface area (Å²) in [7, 11) is 0. The van der Waals surface area contributed by atoms with Gasteiger partial charge in [0.2, 0.25) is 5.91 Å². The number of carbonyl (C=O) groups excluding carboxylic acids is 2. The minimum atomic E-state index is -2.59. The van der Waals surface area contributed by atoms with Gasteiger partial charge in [-0.25, -0.2) is 4.79 Å². The SMILES string of the molecule is CC(=O)NC(CC(=O)O)C(N)(C(=O)O)C(=O)c1ccccc1. The van der Waals surface area contributed by atoms with Gasteiger partial charge in [0.25, 0.3) is 0 Å². The topological polar surface area (TPSA) is 147 Å². The molecule has 1 amide bonds. The van der Waals surface area contributed by atoms with Crippen molar-refractivity contribution in [3.63, 3.8) is 0 Å². The van der Waals surface area contributed by atoms with E-state index in [4.69, 9.17) is 10.8 Å². The van der Waals surface area contributed by atoms with Crippen LogP contribution in [0.4, 0.5) is 0 Å². The molecule has 0 aliphatic heterocycles. The molecule has 1 aromatic rings. The van der Waals surface area contributed by atoms with Crippen LogP contribution in [-0.4, -0.2) is 45.4 Å². The predicted octanol–water partition coefficient (Wildman–Crippen LogP) is -0.369. The first-order valence-corrected chi connectivity index (χ1v) is 6.30. The molecule has 0 spiro atoms. The molecule has 0 aliphatic rings. The van der Waals surface area contributed by atoms with E-state index < -0.39 is 41.6 Å². The Morgan fingerprint density at radius 2 is 1.73 bits per heavy atom. The van der Waals surface area contributed by atoms with Gasteiger partial charge in [-0.15, -0.1) is 0 Å². The molecule has 0 bridgehead atoms. The highest BCUT2D eigenvalue weighted by Gasteiger charge is 2.50. The first-order chi connectivity index (χ1) is 10.2. The van der Waals surface area contributed by atoms with Gasteiger partial charge in [0.1, 0.15) is 0 Å². The number of benzene rings is 1. The Hall–Kier alpha value is -2.74. The first kappa shape index (κ1) is 17.3. The fourth-order valence-corrected chi connectivity index (χ4v) is 1.98. The minimum Gasteiger partial charge on any atom is -0.481 e. The van der Waals surface area contributed by atoms with Crippen molar-refractivity contribution < 1.29 is 29.4 Å². The number of nitrogens with two attached hydrogens (primary N) is 1. The summed E-state index contributed by atoms with van der Waals surface area (Å²) >= 11 is 0. The van der Waals surface area contributed by atoms with E-state index in [0.29, 0.717) is 0 Å². The van der Waals surface area contributed by atoms with E-state index in [9.17, 15) is 24.3 Å². The van der Waals surface area contributed by atoms with Crippen LogP contribution in [0.3, 0.4) is 0 Å². The van der Waals surface area contributed by atoms with Crippen LogP contribution in [0.15, 0.2) is 30.3 Å². The van der Waals surface area contributed by atoms with E-state index in [1.807, 2.05) is 0 Å². The Labute approximate surface area is 125 Å². The lowest BCUT2D eigenvalue weighted by Crippen LogP contribution is -2.68. The molecular weight excluding hydrogens is 292 g/mol. The molecule has 1 aromatic carbocycles. The maximum Gasteiger partial charge on any atom is 0.334 e. The van der Waals surface area contributed by atoms with Crippen LogP contribution in [-0.2, 0) is 14.4 Å². The number of carboxylic acids is 2. The zero-order valence-corrected chi connectivity index (χ0v) is 11.8. The van der Waals surface area contributed by atoms with Gasteiger partial charge in [-0.1, -0.05) is 30.3 Å². The van der Waals surface area contributed by atoms with E-state index in [2.05, 4.69) is 5.32 Å². The second-order valence-electron chi connectivity index (χ2n) is 4.72. The van der Waals surface area contributed by atoms with Crippen molar-refractivity contribution in [2.75, 3.05) is 0 Å². The normalized spacial score (nSPS) is 14.5. The number of aliphatic carboxylic acids is 2. The number of carboxylic acid groups (broad SMARTS) is 2. The van der Waals surface area contributed by atoms with Crippen LogP contribution in [0.5, 0.6) is 0 Å². The lowest BCUT2D eigenvalue weighted by molar-refractivity contribution is -0.144. The summed E-state index contributed by atoms with van der Waals surface area (Å²) in [5.74, 6) is -4.79. The number of rotatable bonds is 7. The molecule has 8 nitrogen and oxygen atoms in total. The van der Waals surface area contributed by atoms with Gasteiger partial charge < -0.3 is 21.3 Å². The molecule has 0 heterocycles. The van der Waals surface area contributed by atoms with E-state index >= 15 is 0 Å². The fourth-order valence-electron chi connectivity index (χ4n) is 1.98. The maximum absolute atomic E-state index is 12.5. The van der Waals surface area contributed by atoms with Crippen molar-refractivity contribution in [3.05, 3.63) is 35.9 Å². The number of nitrogens with one attached hydrogen (secondary N) is 1. The van der Waals surface area contributed by atoms with Crippen molar-refractivity contribution in [1.82, 2.24) is 5.32 Å². The lowest BCUT2D eigenvalue weighted by atomic mass is 9.81. The molecular formula is C14H16N2O6. The average molecular weight is 308 g/mol. The molecule has 0 saturated heterocycles. The Kier molecular flexibility index (Phi) is 5.36. The summed E-state index contributed by atoms with van der Waals surface area (Å²) < 4.78 is 0. The monoisotopic (exact) mass is 308 g/mol. The van der Waals surface area contributed by atoms with Gasteiger partial charge in [0.15, 0.2) is 11.3 Å². The Morgan fingerprint density at radius 1 is 1.18 bits per heavy atom. The molecule has 22 heavy (non-hydrogen) atoms. The standard InChI is InChI=1S/C14H16N2O6/c1-8(17)16-10(7-11(18)19)14(15,13(21)22)12(20)9-5-3-2-4-6-9/h2-6,10H,7,15H2,1H3,(H,16,17)(H,18,19)(H,21,22). The van der Waals surface area contributed by atoms with Crippen molar-refractivity contribution in [2.24, 2.45) is 5.73 Å². The zero-order valence-electron chi connectivity index (χ0n) is 11.8. The Morgan fingerprint density at radius 3 is 2.14 bits per heavy atom. The third kappa shape index (κ3) is 3.67. The average Bonchev–Trinajstić information content (AvgIpc) is 2.44. The van der Waals surface area contributed by atoms with E-state index in [1.165, 1.54) is 24.3 Å². The van der Waals surface area contributed by atoms with E-state index in [-0.39, 0.29) is 5.56 Å². The van der Waals surface area contributed by atoms with Crippen molar-refractivity contribution in [2.45, 2.75) is 24.9 Å². The molecule has 0 fully saturated rings. The molecule has 2 atom stereocenters. The summed E-state index contributed by atoms with van der Waals surface area (Å²) in [6.07, 6.45) is -0.805. The first-order valence-electron chi connectivity index (χ1n) is 6.30. The Bertz CT molecular complexity index is 585. The van der Waals surface area contributed by atoms with Gasteiger partial charge in [-0.2, -0.15) is 0 Å². The van der Waals surface area contributed by atoms with Gasteiger partial charge in [-0.3, -0.25) is 14.4 Å². The van der Waals surface area contributed by atoms with E-state index in [0.717, 1.165) is 6.92 Å². The van der Waals surface area contributed by atoms with Gasteiger partial charge >= 0.3 is 11.9 Å². The number of ketones is 1. The molecule has 8 heteroatoms. The molecule has 2 unspecified atom stereocenters. The Balaban J connectivity index is 3.32. The van der Waals surface area contributed by atoms with Gasteiger partial charge in [-0.05, 0) is 0 Å². The van der Waals surface area contributed by atoms with Crippen molar-refractivity contribution in [1.29, 1.82) is 0 Å². The van der Waals surface area contributed by atoms with Crippen LogP contribution < -0.4 is 11.1 Å². The zero-order chi connectivity index (χ0) is 16.9. The number of carbonyl (C=O) groups is 4. The largest absolute Gasteiger partial charge is 0.481 e. The quantitative estimate of drug-likeness (QED) is 0.397.